The number of benzene rings is 1. The van der Waals surface area contributed by atoms with Crippen molar-refractivity contribution in [3.05, 3.63) is 66.0 Å². The molecule has 0 N–H and O–H groups in total. The van der Waals surface area contributed by atoms with Crippen LogP contribution in [0.5, 0.6) is 0 Å². The number of carbonyl (C=O) groups excluding carboxylic acids is 1. The van der Waals surface area contributed by atoms with Gasteiger partial charge in [0, 0.05) is 24.8 Å². The van der Waals surface area contributed by atoms with E-state index in [0.717, 1.165) is 17.2 Å². The Hall–Kier alpha value is -3.09. The maximum atomic E-state index is 13.9. The molecule has 2 aromatic heterocycles. The molecule has 132 valence electrons. The minimum atomic E-state index is -0.640. The first-order chi connectivity index (χ1) is 12.6. The van der Waals surface area contributed by atoms with Crippen molar-refractivity contribution in [2.75, 3.05) is 6.54 Å². The summed E-state index contributed by atoms with van der Waals surface area (Å²) in [5.41, 5.74) is 1.17. The van der Waals surface area contributed by atoms with Crippen molar-refractivity contribution in [1.29, 1.82) is 0 Å². The third-order valence-electron chi connectivity index (χ3n) is 4.66. The average molecular weight is 351 g/mol. The van der Waals surface area contributed by atoms with E-state index in [9.17, 15) is 9.18 Å². The zero-order chi connectivity index (χ0) is 18.1. The maximum Gasteiger partial charge on any atom is 0.232 e. The van der Waals surface area contributed by atoms with Crippen LogP contribution in [-0.4, -0.2) is 37.1 Å². The summed E-state index contributed by atoms with van der Waals surface area (Å²) in [5, 5.41) is 8.53. The van der Waals surface area contributed by atoms with Crippen LogP contribution in [0.3, 0.4) is 0 Å². The number of amides is 1. The third-order valence-corrected chi connectivity index (χ3v) is 4.66. The number of hydrogen-bond acceptors (Lipinski definition) is 4. The molecule has 1 atom stereocenters. The van der Waals surface area contributed by atoms with E-state index in [2.05, 4.69) is 15.2 Å². The van der Waals surface area contributed by atoms with E-state index in [1.807, 2.05) is 34.9 Å². The van der Waals surface area contributed by atoms with Gasteiger partial charge in [0.15, 0.2) is 11.6 Å². The zero-order valence-electron chi connectivity index (χ0n) is 14.3. The normalized spacial score (nSPS) is 14.8. The fourth-order valence-corrected chi connectivity index (χ4v) is 3.25. The van der Waals surface area contributed by atoms with Crippen LogP contribution < -0.4 is 0 Å². The summed E-state index contributed by atoms with van der Waals surface area (Å²) in [7, 11) is 0. The lowest BCUT2D eigenvalue weighted by atomic mass is 10.0. The second kappa shape index (κ2) is 6.67. The van der Waals surface area contributed by atoms with Gasteiger partial charge in [-0.15, -0.1) is 10.2 Å². The standard InChI is InChI=1S/C19H18FN5O/c1-13(17-15(20)8-5-9-21-17)19(26)24-10-11-25-16(12-24)22-23-18(25)14-6-3-2-4-7-14/h2-9,13H,10-12H2,1H3. The van der Waals surface area contributed by atoms with Gasteiger partial charge in [0.05, 0.1) is 18.2 Å². The summed E-state index contributed by atoms with van der Waals surface area (Å²) in [6.07, 6.45) is 1.50. The van der Waals surface area contributed by atoms with Crippen molar-refractivity contribution in [3.8, 4) is 11.4 Å². The van der Waals surface area contributed by atoms with Crippen molar-refractivity contribution in [1.82, 2.24) is 24.6 Å². The Labute approximate surface area is 150 Å². The van der Waals surface area contributed by atoms with Crippen LogP contribution in [0, 0.1) is 5.82 Å². The molecule has 1 unspecified atom stereocenters. The Morgan fingerprint density at radius 1 is 1.12 bits per heavy atom. The van der Waals surface area contributed by atoms with Crippen LogP contribution in [0.25, 0.3) is 11.4 Å². The van der Waals surface area contributed by atoms with E-state index in [4.69, 9.17) is 0 Å². The van der Waals surface area contributed by atoms with Gasteiger partial charge >= 0.3 is 0 Å². The number of rotatable bonds is 3. The van der Waals surface area contributed by atoms with Crippen LogP contribution in [0.4, 0.5) is 4.39 Å². The number of halogens is 1. The molecule has 0 aliphatic carbocycles. The number of pyridine rings is 1. The predicted octanol–water partition coefficient (Wildman–Crippen LogP) is 2.63. The first-order valence-electron chi connectivity index (χ1n) is 8.52. The molecule has 0 saturated heterocycles. The molecule has 1 aromatic carbocycles. The lowest BCUT2D eigenvalue weighted by molar-refractivity contribution is -0.134. The van der Waals surface area contributed by atoms with Gasteiger partial charge in [0.2, 0.25) is 5.91 Å². The molecule has 6 nitrogen and oxygen atoms in total. The smallest absolute Gasteiger partial charge is 0.232 e. The van der Waals surface area contributed by atoms with Gasteiger partial charge in [-0.2, -0.15) is 0 Å². The molecule has 7 heteroatoms. The Morgan fingerprint density at radius 3 is 2.69 bits per heavy atom. The highest BCUT2D eigenvalue weighted by Crippen LogP contribution is 2.24. The highest BCUT2D eigenvalue weighted by Gasteiger charge is 2.30. The van der Waals surface area contributed by atoms with Crippen molar-refractivity contribution in [2.45, 2.75) is 25.9 Å². The van der Waals surface area contributed by atoms with Gasteiger partial charge in [-0.25, -0.2) is 4.39 Å². The molecular formula is C19H18FN5O. The summed E-state index contributed by atoms with van der Waals surface area (Å²) < 4.78 is 16.0. The highest BCUT2D eigenvalue weighted by atomic mass is 19.1. The van der Waals surface area contributed by atoms with Gasteiger partial charge in [-0.1, -0.05) is 30.3 Å². The lowest BCUT2D eigenvalue weighted by Gasteiger charge is -2.30. The quantitative estimate of drug-likeness (QED) is 0.728. The molecule has 0 spiro atoms. The van der Waals surface area contributed by atoms with Crippen LogP contribution >= 0.6 is 0 Å². The van der Waals surface area contributed by atoms with E-state index in [1.54, 1.807) is 11.8 Å². The molecule has 0 bridgehead atoms. The maximum absolute atomic E-state index is 13.9. The van der Waals surface area contributed by atoms with E-state index in [1.165, 1.54) is 18.3 Å². The molecule has 1 aliphatic rings. The van der Waals surface area contributed by atoms with Crippen molar-refractivity contribution < 1.29 is 9.18 Å². The van der Waals surface area contributed by atoms with E-state index >= 15 is 0 Å². The Kier molecular flexibility index (Phi) is 4.20. The Bertz CT molecular complexity index is 940. The fourth-order valence-electron chi connectivity index (χ4n) is 3.25. The number of aromatic nitrogens is 4. The van der Waals surface area contributed by atoms with Crippen LogP contribution in [0.2, 0.25) is 0 Å². The first-order valence-corrected chi connectivity index (χ1v) is 8.52. The minimum absolute atomic E-state index is 0.155. The van der Waals surface area contributed by atoms with E-state index in [0.29, 0.717) is 19.6 Å². The van der Waals surface area contributed by atoms with E-state index in [-0.39, 0.29) is 11.6 Å². The van der Waals surface area contributed by atoms with Gasteiger partial charge in [-0.05, 0) is 19.1 Å². The fraction of sp³-hybridized carbons (Fsp3) is 0.263. The van der Waals surface area contributed by atoms with Crippen LogP contribution in [-0.2, 0) is 17.9 Å². The molecule has 1 amide bonds. The summed E-state index contributed by atoms with van der Waals surface area (Å²) in [4.78, 5) is 18.5. The second-order valence-electron chi connectivity index (χ2n) is 6.31. The van der Waals surface area contributed by atoms with Gasteiger partial charge in [-0.3, -0.25) is 9.78 Å². The molecule has 4 rings (SSSR count). The molecule has 0 radical (unpaired) electrons. The lowest BCUT2D eigenvalue weighted by Crippen LogP contribution is -2.40. The molecule has 26 heavy (non-hydrogen) atoms. The van der Waals surface area contributed by atoms with Gasteiger partial charge in [0.1, 0.15) is 5.82 Å². The molecule has 0 saturated carbocycles. The topological polar surface area (TPSA) is 63.9 Å². The molecule has 3 aromatic rings. The largest absolute Gasteiger partial charge is 0.333 e. The SMILES string of the molecule is CC(C(=O)N1CCn2c(nnc2-c2ccccc2)C1)c1ncccc1F. The summed E-state index contributed by atoms with van der Waals surface area (Å²) >= 11 is 0. The monoisotopic (exact) mass is 351 g/mol. The Morgan fingerprint density at radius 2 is 1.92 bits per heavy atom. The summed E-state index contributed by atoms with van der Waals surface area (Å²) in [6.45, 7) is 3.18. The second-order valence-corrected chi connectivity index (χ2v) is 6.31. The van der Waals surface area contributed by atoms with Gasteiger partial charge < -0.3 is 9.47 Å². The molecule has 1 aliphatic heterocycles. The molecule has 0 fully saturated rings. The van der Waals surface area contributed by atoms with Crippen molar-refractivity contribution in [3.63, 3.8) is 0 Å². The average Bonchev–Trinajstić information content (AvgIpc) is 3.11. The number of hydrogen-bond donors (Lipinski definition) is 0. The molecular weight excluding hydrogens is 333 g/mol. The van der Waals surface area contributed by atoms with Crippen LogP contribution in [0.15, 0.2) is 48.7 Å². The zero-order valence-corrected chi connectivity index (χ0v) is 14.3. The first kappa shape index (κ1) is 16.4. The van der Waals surface area contributed by atoms with E-state index < -0.39 is 11.7 Å². The summed E-state index contributed by atoms with van der Waals surface area (Å²) in [6, 6.07) is 12.7. The number of carbonyl (C=O) groups is 1. The summed E-state index contributed by atoms with van der Waals surface area (Å²) in [5.74, 6) is 0.283. The predicted molar refractivity (Wildman–Crippen MR) is 93.5 cm³/mol. The molecule has 3 heterocycles. The van der Waals surface area contributed by atoms with Crippen molar-refractivity contribution in [2.24, 2.45) is 0 Å². The van der Waals surface area contributed by atoms with Crippen LogP contribution in [0.1, 0.15) is 24.4 Å². The van der Waals surface area contributed by atoms with Gasteiger partial charge in [0.25, 0.3) is 0 Å². The highest BCUT2D eigenvalue weighted by molar-refractivity contribution is 5.83. The number of fused-ring (bicyclic) bond motifs is 1. The third kappa shape index (κ3) is 2.85. The van der Waals surface area contributed by atoms with Crippen molar-refractivity contribution >= 4 is 5.91 Å². The number of nitrogens with zero attached hydrogens (tertiary/aromatic N) is 5. The minimum Gasteiger partial charge on any atom is -0.333 e. The Balaban J connectivity index is 1.55.